The molecule has 2 N–H and O–H groups in total. The Morgan fingerprint density at radius 1 is 1.07 bits per heavy atom. The van der Waals surface area contributed by atoms with E-state index in [1.54, 1.807) is 37.3 Å². The van der Waals surface area contributed by atoms with Crippen molar-refractivity contribution in [3.8, 4) is 0 Å². The van der Waals surface area contributed by atoms with E-state index in [-0.39, 0.29) is 11.6 Å². The molecule has 3 rings (SSSR count). The minimum atomic E-state index is -0.724. The first-order chi connectivity index (χ1) is 13.0. The quantitative estimate of drug-likeness (QED) is 0.626. The Kier molecular flexibility index (Phi) is 5.55. The van der Waals surface area contributed by atoms with Crippen LogP contribution in [0.3, 0.4) is 0 Å². The summed E-state index contributed by atoms with van der Waals surface area (Å²) in [7, 11) is 0. The number of carbonyl (C=O) groups is 1. The van der Waals surface area contributed by atoms with Gasteiger partial charge in [-0.2, -0.15) is 4.98 Å². The number of hydrogen-bond acceptors (Lipinski definition) is 6. The first kappa shape index (κ1) is 18.2. The van der Waals surface area contributed by atoms with Gasteiger partial charge in [-0.3, -0.25) is 0 Å². The molecule has 0 radical (unpaired) electrons. The summed E-state index contributed by atoms with van der Waals surface area (Å²) in [5.41, 5.74) is 1.19. The highest BCUT2D eigenvalue weighted by Gasteiger charge is 2.08. The van der Waals surface area contributed by atoms with E-state index in [0.29, 0.717) is 23.7 Å². The van der Waals surface area contributed by atoms with Crippen LogP contribution in [-0.2, 0) is 4.74 Å². The van der Waals surface area contributed by atoms with E-state index in [9.17, 15) is 13.6 Å². The number of ether oxygens (including phenoxy) is 1. The second kappa shape index (κ2) is 8.22. The zero-order chi connectivity index (χ0) is 19.2. The zero-order valence-corrected chi connectivity index (χ0v) is 14.4. The Morgan fingerprint density at radius 2 is 1.85 bits per heavy atom. The number of esters is 1. The van der Waals surface area contributed by atoms with Gasteiger partial charge in [0.05, 0.1) is 17.9 Å². The molecule has 27 heavy (non-hydrogen) atoms. The molecule has 0 saturated heterocycles. The first-order valence-corrected chi connectivity index (χ1v) is 8.14. The number of hydrogen-bond donors (Lipinski definition) is 2. The lowest BCUT2D eigenvalue weighted by molar-refractivity contribution is 0.0526. The number of carbonyl (C=O) groups excluding carboxylic acids is 1. The van der Waals surface area contributed by atoms with Crippen LogP contribution < -0.4 is 10.6 Å². The normalized spacial score (nSPS) is 10.3. The molecule has 0 unspecified atom stereocenters. The fraction of sp³-hybridized carbons (Fsp3) is 0.105. The van der Waals surface area contributed by atoms with Gasteiger partial charge in [0.1, 0.15) is 17.5 Å². The summed E-state index contributed by atoms with van der Waals surface area (Å²) in [5.74, 6) is -1.17. The van der Waals surface area contributed by atoms with Crippen molar-refractivity contribution in [1.29, 1.82) is 0 Å². The van der Waals surface area contributed by atoms with E-state index >= 15 is 0 Å². The van der Waals surface area contributed by atoms with Crippen LogP contribution in [0.5, 0.6) is 0 Å². The minimum Gasteiger partial charge on any atom is -0.462 e. The maximum absolute atomic E-state index is 13.7. The van der Waals surface area contributed by atoms with Gasteiger partial charge in [0, 0.05) is 18.0 Å². The topological polar surface area (TPSA) is 76.1 Å². The van der Waals surface area contributed by atoms with Crippen molar-refractivity contribution in [3.63, 3.8) is 0 Å². The molecule has 0 saturated carbocycles. The van der Waals surface area contributed by atoms with E-state index in [1.807, 2.05) is 0 Å². The highest BCUT2D eigenvalue weighted by atomic mass is 19.1. The van der Waals surface area contributed by atoms with Gasteiger partial charge in [-0.05, 0) is 49.4 Å². The van der Waals surface area contributed by atoms with Crippen molar-refractivity contribution in [3.05, 3.63) is 71.9 Å². The maximum atomic E-state index is 13.7. The highest BCUT2D eigenvalue weighted by Crippen LogP contribution is 2.21. The number of aromatic nitrogens is 2. The smallest absolute Gasteiger partial charge is 0.338 e. The molecule has 138 valence electrons. The van der Waals surface area contributed by atoms with Crippen molar-refractivity contribution >= 4 is 29.1 Å². The third-order valence-corrected chi connectivity index (χ3v) is 3.50. The van der Waals surface area contributed by atoms with Gasteiger partial charge in [-0.15, -0.1) is 0 Å². The molecule has 0 amide bonds. The van der Waals surface area contributed by atoms with Crippen LogP contribution in [0.25, 0.3) is 0 Å². The summed E-state index contributed by atoms with van der Waals surface area (Å²) >= 11 is 0. The van der Waals surface area contributed by atoms with Gasteiger partial charge in [-0.25, -0.2) is 18.6 Å². The summed E-state index contributed by atoms with van der Waals surface area (Å²) in [6, 6.07) is 11.4. The molecule has 1 heterocycles. The molecule has 0 aliphatic carbocycles. The third kappa shape index (κ3) is 4.75. The number of benzene rings is 2. The Labute approximate surface area is 154 Å². The van der Waals surface area contributed by atoms with E-state index in [4.69, 9.17) is 4.74 Å². The molecule has 0 atom stereocenters. The second-order valence-corrected chi connectivity index (χ2v) is 5.44. The Bertz CT molecular complexity index is 949. The number of nitrogens with one attached hydrogen (secondary N) is 2. The van der Waals surface area contributed by atoms with Gasteiger partial charge in [0.15, 0.2) is 0 Å². The van der Waals surface area contributed by atoms with Crippen LogP contribution in [-0.4, -0.2) is 22.5 Å². The van der Waals surface area contributed by atoms with Gasteiger partial charge in [0.25, 0.3) is 0 Å². The van der Waals surface area contributed by atoms with Crippen molar-refractivity contribution in [1.82, 2.24) is 9.97 Å². The average Bonchev–Trinajstić information content (AvgIpc) is 2.65. The molecule has 8 heteroatoms. The fourth-order valence-electron chi connectivity index (χ4n) is 2.25. The minimum absolute atomic E-state index is 0.0971. The number of rotatable bonds is 6. The Hall–Kier alpha value is -3.55. The number of halogens is 2. The van der Waals surface area contributed by atoms with Crippen LogP contribution >= 0.6 is 0 Å². The van der Waals surface area contributed by atoms with Crippen LogP contribution in [0.2, 0.25) is 0 Å². The molecule has 0 fully saturated rings. The lowest BCUT2D eigenvalue weighted by atomic mass is 10.2. The molecule has 6 nitrogen and oxygen atoms in total. The van der Waals surface area contributed by atoms with Crippen LogP contribution in [0.1, 0.15) is 17.3 Å². The van der Waals surface area contributed by atoms with E-state index in [1.165, 1.54) is 12.3 Å². The van der Waals surface area contributed by atoms with Crippen molar-refractivity contribution < 1.29 is 18.3 Å². The van der Waals surface area contributed by atoms with Crippen LogP contribution in [0.15, 0.2) is 54.7 Å². The van der Waals surface area contributed by atoms with Gasteiger partial charge >= 0.3 is 5.97 Å². The summed E-state index contributed by atoms with van der Waals surface area (Å²) in [6.45, 7) is 2.05. The lowest BCUT2D eigenvalue weighted by Gasteiger charge is -2.09. The third-order valence-electron chi connectivity index (χ3n) is 3.50. The maximum Gasteiger partial charge on any atom is 0.338 e. The molecular weight excluding hydrogens is 354 g/mol. The van der Waals surface area contributed by atoms with E-state index < -0.39 is 17.6 Å². The molecule has 0 bridgehead atoms. The molecular formula is C19H16F2N4O2. The summed E-state index contributed by atoms with van der Waals surface area (Å²) < 4.78 is 31.7. The van der Waals surface area contributed by atoms with Crippen molar-refractivity contribution in [2.45, 2.75) is 6.92 Å². The van der Waals surface area contributed by atoms with Gasteiger partial charge < -0.3 is 15.4 Å². The largest absolute Gasteiger partial charge is 0.462 e. The molecule has 2 aromatic carbocycles. The predicted molar refractivity (Wildman–Crippen MR) is 97.4 cm³/mol. The van der Waals surface area contributed by atoms with E-state index in [0.717, 1.165) is 12.1 Å². The summed E-state index contributed by atoms with van der Waals surface area (Å²) in [5, 5.41) is 5.75. The number of nitrogens with zero attached hydrogens (tertiary/aromatic N) is 2. The van der Waals surface area contributed by atoms with Crippen molar-refractivity contribution in [2.24, 2.45) is 0 Å². The first-order valence-electron chi connectivity index (χ1n) is 8.14. The average molecular weight is 370 g/mol. The zero-order valence-electron chi connectivity index (χ0n) is 14.4. The Balaban J connectivity index is 1.71. The Morgan fingerprint density at radius 3 is 2.56 bits per heavy atom. The second-order valence-electron chi connectivity index (χ2n) is 5.44. The molecule has 3 aromatic rings. The summed E-state index contributed by atoms with van der Waals surface area (Å²) in [6.07, 6.45) is 1.49. The van der Waals surface area contributed by atoms with Crippen molar-refractivity contribution in [2.75, 3.05) is 17.2 Å². The van der Waals surface area contributed by atoms with Crippen LogP contribution in [0.4, 0.5) is 31.9 Å². The SMILES string of the molecule is CCOC(=O)c1ccc(Nc2nccc(Nc3ccc(F)cc3F)n2)cc1. The molecule has 0 spiro atoms. The fourth-order valence-corrected chi connectivity index (χ4v) is 2.25. The summed E-state index contributed by atoms with van der Waals surface area (Å²) in [4.78, 5) is 20.0. The molecule has 0 aliphatic rings. The van der Waals surface area contributed by atoms with E-state index in [2.05, 4.69) is 20.6 Å². The highest BCUT2D eigenvalue weighted by molar-refractivity contribution is 5.89. The predicted octanol–water partition coefficient (Wildman–Crippen LogP) is 4.42. The van der Waals surface area contributed by atoms with Gasteiger partial charge in [0.2, 0.25) is 5.95 Å². The monoisotopic (exact) mass is 370 g/mol. The lowest BCUT2D eigenvalue weighted by Crippen LogP contribution is -2.05. The van der Waals surface area contributed by atoms with Gasteiger partial charge in [-0.1, -0.05) is 0 Å². The molecule has 0 aliphatic heterocycles. The standard InChI is InChI=1S/C19H16F2N4O2/c1-2-27-18(26)12-3-6-14(7-4-12)23-19-22-10-9-17(25-19)24-16-8-5-13(20)11-15(16)21/h3-11H,2H2,1H3,(H2,22,23,24,25). The molecule has 1 aromatic heterocycles. The van der Waals surface area contributed by atoms with Crippen LogP contribution in [0, 0.1) is 11.6 Å². The number of anilines is 4.